The van der Waals surface area contributed by atoms with E-state index in [2.05, 4.69) is 10.3 Å². The number of nitrogens with zero attached hydrogens (tertiary/aromatic N) is 3. The Balaban J connectivity index is 1.95. The lowest BCUT2D eigenvalue weighted by atomic mass is 10.2. The lowest BCUT2D eigenvalue weighted by Gasteiger charge is -2.07. The molecule has 2 aromatic rings. The van der Waals surface area contributed by atoms with Crippen LogP contribution in [0.1, 0.15) is 30.0 Å². The second kappa shape index (κ2) is 4.04. The molecule has 18 heavy (non-hydrogen) atoms. The van der Waals surface area contributed by atoms with E-state index in [-0.39, 0.29) is 12.1 Å². The molecule has 0 amide bonds. The molecule has 1 aliphatic carbocycles. The molecule has 1 saturated carbocycles. The molecule has 0 bridgehead atoms. The third kappa shape index (κ3) is 1.83. The van der Waals surface area contributed by atoms with Gasteiger partial charge in [0.25, 0.3) is 0 Å². The maximum Gasteiger partial charge on any atom is 0.169 e. The van der Waals surface area contributed by atoms with Gasteiger partial charge in [0.05, 0.1) is 12.2 Å². The zero-order valence-electron chi connectivity index (χ0n) is 9.61. The van der Waals surface area contributed by atoms with Crippen molar-refractivity contribution in [3.8, 4) is 0 Å². The van der Waals surface area contributed by atoms with Crippen LogP contribution in [0.2, 0.25) is 0 Å². The van der Waals surface area contributed by atoms with E-state index >= 15 is 0 Å². The Morgan fingerprint density at radius 3 is 2.83 bits per heavy atom. The molecule has 3 rings (SSSR count). The highest BCUT2D eigenvalue weighted by atomic mass is 19.2. The summed E-state index contributed by atoms with van der Waals surface area (Å²) in [6.45, 7) is 0.152. The summed E-state index contributed by atoms with van der Waals surface area (Å²) in [5.41, 5.74) is 6.83. The molecule has 4 nitrogen and oxygen atoms in total. The predicted molar refractivity (Wildman–Crippen MR) is 61.9 cm³/mol. The van der Waals surface area contributed by atoms with Gasteiger partial charge in [-0.3, -0.25) is 0 Å². The molecule has 0 spiro atoms. The molecule has 6 heteroatoms. The number of aromatic nitrogens is 3. The minimum atomic E-state index is -0.853. The summed E-state index contributed by atoms with van der Waals surface area (Å²) < 4.78 is 28.2. The summed E-state index contributed by atoms with van der Waals surface area (Å²) in [5.74, 6) is -0.951. The van der Waals surface area contributed by atoms with Crippen LogP contribution >= 0.6 is 0 Å². The van der Waals surface area contributed by atoms with Crippen molar-refractivity contribution in [2.24, 2.45) is 0 Å². The van der Waals surface area contributed by atoms with Crippen LogP contribution in [-0.4, -0.2) is 15.0 Å². The Kier molecular flexibility index (Phi) is 2.50. The van der Waals surface area contributed by atoms with E-state index in [0.717, 1.165) is 24.6 Å². The van der Waals surface area contributed by atoms with Crippen LogP contribution in [-0.2, 0) is 6.54 Å². The second-order valence-electron chi connectivity index (χ2n) is 4.50. The minimum Gasteiger partial charge on any atom is -0.381 e. The van der Waals surface area contributed by atoms with Gasteiger partial charge in [-0.05, 0) is 18.9 Å². The summed E-state index contributed by atoms with van der Waals surface area (Å²) in [6, 6.07) is 4.11. The monoisotopic (exact) mass is 250 g/mol. The van der Waals surface area contributed by atoms with Crippen LogP contribution in [0.4, 0.5) is 14.6 Å². The fraction of sp³-hybridized carbons (Fsp3) is 0.333. The van der Waals surface area contributed by atoms with Crippen LogP contribution in [0.5, 0.6) is 0 Å². The average Bonchev–Trinajstić information content (AvgIpc) is 3.11. The van der Waals surface area contributed by atoms with E-state index in [4.69, 9.17) is 5.73 Å². The number of nitrogen functional groups attached to an aromatic ring is 1. The van der Waals surface area contributed by atoms with Crippen molar-refractivity contribution in [2.45, 2.75) is 25.3 Å². The molecule has 0 saturated heterocycles. The van der Waals surface area contributed by atoms with Crippen molar-refractivity contribution in [3.63, 3.8) is 0 Å². The Morgan fingerprint density at radius 1 is 1.33 bits per heavy atom. The molecular formula is C12H12F2N4. The van der Waals surface area contributed by atoms with Crippen LogP contribution in [0, 0.1) is 11.6 Å². The van der Waals surface area contributed by atoms with E-state index in [1.54, 1.807) is 4.68 Å². The number of rotatable bonds is 3. The molecule has 1 heterocycles. The molecule has 0 aliphatic heterocycles. The topological polar surface area (TPSA) is 56.7 Å². The van der Waals surface area contributed by atoms with Gasteiger partial charge in [-0.1, -0.05) is 17.3 Å². The molecular weight excluding hydrogens is 238 g/mol. The van der Waals surface area contributed by atoms with Gasteiger partial charge in [0.2, 0.25) is 0 Å². The zero-order valence-corrected chi connectivity index (χ0v) is 9.61. The van der Waals surface area contributed by atoms with E-state index < -0.39 is 11.6 Å². The first-order valence-electron chi connectivity index (χ1n) is 5.78. The highest BCUT2D eigenvalue weighted by Gasteiger charge is 2.30. The Morgan fingerprint density at radius 2 is 2.11 bits per heavy atom. The molecule has 0 unspecified atom stereocenters. The van der Waals surface area contributed by atoms with Gasteiger partial charge in [0, 0.05) is 11.5 Å². The molecule has 94 valence electrons. The van der Waals surface area contributed by atoms with Crippen LogP contribution in [0.25, 0.3) is 0 Å². The molecule has 1 aliphatic rings. The summed E-state index contributed by atoms with van der Waals surface area (Å²) in [4.78, 5) is 0. The molecule has 2 N–H and O–H groups in total. The number of benzene rings is 1. The van der Waals surface area contributed by atoms with Gasteiger partial charge in [-0.25, -0.2) is 13.5 Å². The number of halogens is 2. The molecule has 1 aromatic heterocycles. The minimum absolute atomic E-state index is 0.152. The Hall–Kier alpha value is -1.98. The summed E-state index contributed by atoms with van der Waals surface area (Å²) in [5, 5.41) is 7.70. The summed E-state index contributed by atoms with van der Waals surface area (Å²) in [7, 11) is 0. The van der Waals surface area contributed by atoms with E-state index in [0.29, 0.717) is 11.7 Å². The van der Waals surface area contributed by atoms with Gasteiger partial charge < -0.3 is 5.73 Å². The SMILES string of the molecule is Nc1nnn(Cc2cccc(F)c2F)c1C1CC1. The highest BCUT2D eigenvalue weighted by Crippen LogP contribution is 2.42. The molecule has 0 radical (unpaired) electrons. The number of nitrogens with two attached hydrogens (primary N) is 1. The van der Waals surface area contributed by atoms with Crippen molar-refractivity contribution < 1.29 is 8.78 Å². The molecule has 0 atom stereocenters. The van der Waals surface area contributed by atoms with E-state index in [1.807, 2.05) is 0 Å². The van der Waals surface area contributed by atoms with Gasteiger partial charge in [0.1, 0.15) is 0 Å². The van der Waals surface area contributed by atoms with E-state index in [1.165, 1.54) is 12.1 Å². The normalized spacial score (nSPS) is 15.0. The van der Waals surface area contributed by atoms with Crippen LogP contribution in [0.3, 0.4) is 0 Å². The Labute approximate surface area is 102 Å². The van der Waals surface area contributed by atoms with Crippen molar-refractivity contribution in [3.05, 3.63) is 41.1 Å². The van der Waals surface area contributed by atoms with Crippen LogP contribution < -0.4 is 5.73 Å². The van der Waals surface area contributed by atoms with Crippen molar-refractivity contribution in [2.75, 3.05) is 5.73 Å². The van der Waals surface area contributed by atoms with Gasteiger partial charge in [0.15, 0.2) is 17.5 Å². The van der Waals surface area contributed by atoms with Crippen molar-refractivity contribution >= 4 is 5.82 Å². The maximum absolute atomic E-state index is 13.6. The maximum atomic E-state index is 13.6. The predicted octanol–water partition coefficient (Wildman–Crippen LogP) is 2.06. The Bertz CT molecular complexity index is 590. The number of hydrogen-bond donors (Lipinski definition) is 1. The lowest BCUT2D eigenvalue weighted by molar-refractivity contribution is 0.488. The first-order valence-corrected chi connectivity index (χ1v) is 5.78. The zero-order chi connectivity index (χ0) is 12.7. The van der Waals surface area contributed by atoms with Crippen molar-refractivity contribution in [1.29, 1.82) is 0 Å². The van der Waals surface area contributed by atoms with Crippen molar-refractivity contribution in [1.82, 2.24) is 15.0 Å². The first-order chi connectivity index (χ1) is 8.66. The molecule has 1 aromatic carbocycles. The van der Waals surface area contributed by atoms with E-state index in [9.17, 15) is 8.78 Å². The van der Waals surface area contributed by atoms with Crippen LogP contribution in [0.15, 0.2) is 18.2 Å². The standard InChI is InChI=1S/C12H12F2N4/c13-9-3-1-2-8(10(9)14)6-18-11(7-4-5-7)12(15)16-17-18/h1-3,7H,4-6,15H2. The smallest absolute Gasteiger partial charge is 0.169 e. The highest BCUT2D eigenvalue weighted by molar-refractivity contribution is 5.38. The second-order valence-corrected chi connectivity index (χ2v) is 4.50. The first kappa shape index (κ1) is 11.1. The average molecular weight is 250 g/mol. The fourth-order valence-electron chi connectivity index (χ4n) is 2.06. The summed E-state index contributed by atoms with van der Waals surface area (Å²) >= 11 is 0. The lowest BCUT2D eigenvalue weighted by Crippen LogP contribution is -2.08. The van der Waals surface area contributed by atoms with Gasteiger partial charge in [-0.15, -0.1) is 5.10 Å². The third-order valence-electron chi connectivity index (χ3n) is 3.12. The number of anilines is 1. The van der Waals surface area contributed by atoms with Gasteiger partial charge in [-0.2, -0.15) is 0 Å². The fourth-order valence-corrected chi connectivity index (χ4v) is 2.06. The number of hydrogen-bond acceptors (Lipinski definition) is 3. The molecule has 1 fully saturated rings. The third-order valence-corrected chi connectivity index (χ3v) is 3.12. The van der Waals surface area contributed by atoms with Gasteiger partial charge >= 0.3 is 0 Å². The largest absolute Gasteiger partial charge is 0.381 e. The quantitative estimate of drug-likeness (QED) is 0.907. The summed E-state index contributed by atoms with van der Waals surface area (Å²) in [6.07, 6.45) is 2.09.